The first-order valence-corrected chi connectivity index (χ1v) is 5.69. The Balaban J connectivity index is 4.13. The van der Waals surface area contributed by atoms with Gasteiger partial charge in [-0.2, -0.15) is 0 Å². The van der Waals surface area contributed by atoms with E-state index in [1.807, 2.05) is 6.92 Å². The minimum Gasteiger partial charge on any atom is -0.466 e. The van der Waals surface area contributed by atoms with Crippen molar-refractivity contribution in [1.29, 1.82) is 0 Å². The number of Topliss-reactive ketones (excluding diaryl/α,β-unsaturated/α-hetero) is 1. The normalized spacial score (nSPS) is 10.8. The second-order valence-corrected chi connectivity index (χ2v) is 3.73. The fraction of sp³-hybridized carbons (Fsp3) is 0.429. The molecule has 0 aromatic carbocycles. The van der Waals surface area contributed by atoms with Gasteiger partial charge in [-0.3, -0.25) is 9.59 Å². The molecule has 0 radical (unpaired) electrons. The van der Waals surface area contributed by atoms with Gasteiger partial charge in [0.15, 0.2) is 5.78 Å². The molecule has 3 nitrogen and oxygen atoms in total. The molecule has 94 valence electrons. The van der Waals surface area contributed by atoms with E-state index in [1.165, 1.54) is 6.08 Å². The zero-order valence-electron chi connectivity index (χ0n) is 10.6. The SMILES string of the molecule is C=C/C(=C\C(=C)C)C(=O)CCCC(=O)OCC. The van der Waals surface area contributed by atoms with Crippen molar-refractivity contribution in [2.75, 3.05) is 6.61 Å². The van der Waals surface area contributed by atoms with Gasteiger partial charge in [-0.1, -0.05) is 24.8 Å². The minimum atomic E-state index is -0.260. The van der Waals surface area contributed by atoms with Crippen molar-refractivity contribution in [2.24, 2.45) is 0 Å². The Kier molecular flexibility index (Phi) is 7.68. The van der Waals surface area contributed by atoms with Gasteiger partial charge in [-0.05, 0) is 26.3 Å². The molecular formula is C14H20O3. The highest BCUT2D eigenvalue weighted by Crippen LogP contribution is 2.09. The first kappa shape index (κ1) is 15.4. The summed E-state index contributed by atoms with van der Waals surface area (Å²) in [7, 11) is 0. The molecule has 17 heavy (non-hydrogen) atoms. The Hall–Kier alpha value is -1.64. The Bertz CT molecular complexity index is 337. The third kappa shape index (κ3) is 7.28. The van der Waals surface area contributed by atoms with Gasteiger partial charge < -0.3 is 4.74 Å². The van der Waals surface area contributed by atoms with E-state index in [4.69, 9.17) is 4.74 Å². The maximum atomic E-state index is 11.7. The first-order valence-electron chi connectivity index (χ1n) is 5.69. The highest BCUT2D eigenvalue weighted by molar-refractivity contribution is 5.98. The number of carbonyl (C=O) groups is 2. The van der Waals surface area contributed by atoms with Crippen LogP contribution < -0.4 is 0 Å². The average Bonchev–Trinajstić information content (AvgIpc) is 2.25. The molecule has 0 amide bonds. The lowest BCUT2D eigenvalue weighted by Crippen LogP contribution is -2.06. The molecule has 0 heterocycles. The van der Waals surface area contributed by atoms with Gasteiger partial charge in [0.1, 0.15) is 0 Å². The summed E-state index contributed by atoms with van der Waals surface area (Å²) in [5.74, 6) is -0.281. The molecule has 0 saturated carbocycles. The van der Waals surface area contributed by atoms with Crippen molar-refractivity contribution in [3.63, 3.8) is 0 Å². The molecular weight excluding hydrogens is 216 g/mol. The molecule has 3 heteroatoms. The van der Waals surface area contributed by atoms with Crippen LogP contribution in [0.4, 0.5) is 0 Å². The van der Waals surface area contributed by atoms with Crippen LogP contribution in [0.15, 0.2) is 36.5 Å². The fourth-order valence-corrected chi connectivity index (χ4v) is 1.29. The minimum absolute atomic E-state index is 0.0210. The maximum absolute atomic E-state index is 11.7. The van der Waals surface area contributed by atoms with E-state index < -0.39 is 0 Å². The van der Waals surface area contributed by atoms with Crippen LogP contribution >= 0.6 is 0 Å². The molecule has 0 aliphatic rings. The lowest BCUT2D eigenvalue weighted by atomic mass is 10.0. The monoisotopic (exact) mass is 236 g/mol. The number of carbonyl (C=O) groups excluding carboxylic acids is 2. The summed E-state index contributed by atoms with van der Waals surface area (Å²) in [6.07, 6.45) is 4.31. The molecule has 0 aromatic heterocycles. The van der Waals surface area contributed by atoms with Crippen molar-refractivity contribution in [3.05, 3.63) is 36.5 Å². The van der Waals surface area contributed by atoms with Crippen molar-refractivity contribution in [3.8, 4) is 0 Å². The summed E-state index contributed by atoms with van der Waals surface area (Å²) in [5, 5.41) is 0. The predicted molar refractivity (Wildman–Crippen MR) is 68.6 cm³/mol. The van der Waals surface area contributed by atoms with Crippen LogP contribution in [-0.2, 0) is 14.3 Å². The second kappa shape index (κ2) is 8.50. The molecule has 0 aromatic rings. The van der Waals surface area contributed by atoms with Gasteiger partial charge in [0.25, 0.3) is 0 Å². The second-order valence-electron chi connectivity index (χ2n) is 3.73. The largest absolute Gasteiger partial charge is 0.466 e. The average molecular weight is 236 g/mol. The number of rotatable bonds is 8. The van der Waals surface area contributed by atoms with Crippen LogP contribution in [0, 0.1) is 0 Å². The van der Waals surface area contributed by atoms with Crippen molar-refractivity contribution >= 4 is 11.8 Å². The smallest absolute Gasteiger partial charge is 0.305 e. The van der Waals surface area contributed by atoms with Crippen LogP contribution in [0.2, 0.25) is 0 Å². The number of hydrogen-bond donors (Lipinski definition) is 0. The van der Waals surface area contributed by atoms with E-state index >= 15 is 0 Å². The number of hydrogen-bond acceptors (Lipinski definition) is 3. The number of esters is 1. The third-order valence-corrected chi connectivity index (χ3v) is 2.03. The number of allylic oxidation sites excluding steroid dienone is 4. The Labute approximate surface area is 103 Å². The van der Waals surface area contributed by atoms with E-state index in [2.05, 4.69) is 13.2 Å². The summed E-state index contributed by atoms with van der Waals surface area (Å²) >= 11 is 0. The Morgan fingerprint density at radius 2 is 1.94 bits per heavy atom. The molecule has 0 atom stereocenters. The molecule has 0 rings (SSSR count). The van der Waals surface area contributed by atoms with E-state index in [0.29, 0.717) is 25.0 Å². The van der Waals surface area contributed by atoms with Gasteiger partial charge in [-0.15, -0.1) is 0 Å². The lowest BCUT2D eigenvalue weighted by Gasteiger charge is -2.03. The molecule has 0 saturated heterocycles. The van der Waals surface area contributed by atoms with E-state index in [1.54, 1.807) is 13.0 Å². The highest BCUT2D eigenvalue weighted by Gasteiger charge is 2.08. The van der Waals surface area contributed by atoms with Gasteiger partial charge >= 0.3 is 5.97 Å². The van der Waals surface area contributed by atoms with E-state index in [-0.39, 0.29) is 18.2 Å². The topological polar surface area (TPSA) is 43.4 Å². The number of ether oxygens (including phenoxy) is 1. The van der Waals surface area contributed by atoms with Crippen LogP contribution in [0.3, 0.4) is 0 Å². The standard InChI is InChI=1S/C14H20O3/c1-5-12(10-11(3)4)13(15)8-7-9-14(16)17-6-2/h5,10H,1,3,6-9H2,2,4H3/b12-10+. The third-order valence-electron chi connectivity index (χ3n) is 2.03. The predicted octanol–water partition coefficient (Wildman–Crippen LogP) is 2.98. The Morgan fingerprint density at radius 1 is 1.29 bits per heavy atom. The van der Waals surface area contributed by atoms with E-state index in [0.717, 1.165) is 5.57 Å². The Morgan fingerprint density at radius 3 is 2.41 bits per heavy atom. The fourth-order valence-electron chi connectivity index (χ4n) is 1.29. The van der Waals surface area contributed by atoms with Gasteiger partial charge in [0.05, 0.1) is 6.61 Å². The van der Waals surface area contributed by atoms with Gasteiger partial charge in [-0.25, -0.2) is 0 Å². The van der Waals surface area contributed by atoms with Crippen LogP contribution in [-0.4, -0.2) is 18.4 Å². The summed E-state index contributed by atoms with van der Waals surface area (Å²) in [4.78, 5) is 22.8. The molecule has 0 aliphatic heterocycles. The van der Waals surface area contributed by atoms with E-state index in [9.17, 15) is 9.59 Å². The zero-order valence-corrected chi connectivity index (χ0v) is 10.6. The summed E-state index contributed by atoms with van der Waals surface area (Å²) < 4.78 is 4.78. The molecule has 0 N–H and O–H groups in total. The quantitative estimate of drug-likeness (QED) is 0.369. The first-order chi connectivity index (χ1) is 8.01. The maximum Gasteiger partial charge on any atom is 0.305 e. The molecule has 0 fully saturated rings. The molecule has 0 unspecified atom stereocenters. The summed E-state index contributed by atoms with van der Waals surface area (Å²) in [5.41, 5.74) is 1.35. The van der Waals surface area contributed by atoms with Crippen LogP contribution in [0.5, 0.6) is 0 Å². The van der Waals surface area contributed by atoms with Crippen molar-refractivity contribution in [2.45, 2.75) is 33.1 Å². The van der Waals surface area contributed by atoms with Crippen molar-refractivity contribution in [1.82, 2.24) is 0 Å². The van der Waals surface area contributed by atoms with Crippen LogP contribution in [0.25, 0.3) is 0 Å². The molecule has 0 spiro atoms. The van der Waals surface area contributed by atoms with Gasteiger partial charge in [0, 0.05) is 18.4 Å². The zero-order chi connectivity index (χ0) is 13.3. The highest BCUT2D eigenvalue weighted by atomic mass is 16.5. The van der Waals surface area contributed by atoms with Crippen molar-refractivity contribution < 1.29 is 14.3 Å². The van der Waals surface area contributed by atoms with Crippen LogP contribution in [0.1, 0.15) is 33.1 Å². The van der Waals surface area contributed by atoms with Gasteiger partial charge in [0.2, 0.25) is 0 Å². The molecule has 0 aliphatic carbocycles. The molecule has 0 bridgehead atoms. The summed E-state index contributed by atoms with van der Waals surface area (Å²) in [6.45, 7) is 11.2. The summed E-state index contributed by atoms with van der Waals surface area (Å²) in [6, 6.07) is 0. The number of ketones is 1. The lowest BCUT2D eigenvalue weighted by molar-refractivity contribution is -0.143.